The molecule has 2 aliphatic rings. The SMILES string of the molecule is [2H]c1c([2H])c([2H])c2c(c1[2H])c1c([2H])c([2H])c([2H])c([2H])c1n2-c1ccc2c(c1)N(c1ccc(C#N)c(-n3c4ccccc4c4ccccc43)c1)c1cc(C(C)(C)C)cc3c1B2c1ccc(-n2c4c([2H])c([2H])c([2H])c([2H])c4c4c([2H])c([2H])c([2H])c([2H])c42)cc1N3c1cc(-n2c3ccccc3c3ccccc32)ccc1C#N. The van der Waals surface area contributed by atoms with E-state index in [-0.39, 0.29) is 60.5 Å². The van der Waals surface area contributed by atoms with Crippen molar-refractivity contribution >= 4 is 144 Å². The molecule has 0 saturated heterocycles. The van der Waals surface area contributed by atoms with Gasteiger partial charge in [0.15, 0.2) is 0 Å². The van der Waals surface area contributed by atoms with Gasteiger partial charge < -0.3 is 28.1 Å². The number of benzene rings is 13. The molecule has 17 aromatic rings. The molecule has 0 radical (unpaired) electrons. The maximum atomic E-state index is 11.8. The van der Waals surface area contributed by atoms with E-state index in [1.807, 2.05) is 138 Å². The summed E-state index contributed by atoms with van der Waals surface area (Å²) in [6.07, 6.45) is 0. The summed E-state index contributed by atoms with van der Waals surface area (Å²) in [5.74, 6) is 0. The van der Waals surface area contributed by atoms with Crippen molar-refractivity contribution < 1.29 is 21.9 Å². The molecule has 93 heavy (non-hydrogen) atoms. The Labute approximate surface area is 559 Å². The Morgan fingerprint density at radius 3 is 1.11 bits per heavy atom. The third kappa shape index (κ3) is 7.48. The molecular weight excluding hydrogens is 1130 g/mol. The van der Waals surface area contributed by atoms with Gasteiger partial charge in [-0.3, -0.25) is 0 Å². The third-order valence-corrected chi connectivity index (χ3v) is 18.8. The van der Waals surface area contributed by atoms with Crippen LogP contribution < -0.4 is 26.2 Å². The fraction of sp³-hybridized carbons (Fsp3) is 0.0476. The number of hydrogen-bond donors (Lipinski definition) is 0. The van der Waals surface area contributed by atoms with E-state index in [0.717, 1.165) is 54.6 Å². The first kappa shape index (κ1) is 39.0. The van der Waals surface area contributed by atoms with Crippen LogP contribution in [-0.2, 0) is 5.41 Å². The van der Waals surface area contributed by atoms with Crippen LogP contribution in [0.4, 0.5) is 34.1 Å². The minimum absolute atomic E-state index is 0.0950. The highest BCUT2D eigenvalue weighted by Crippen LogP contribution is 2.50. The van der Waals surface area contributed by atoms with E-state index in [9.17, 15) is 21.5 Å². The molecule has 0 bridgehead atoms. The van der Waals surface area contributed by atoms with E-state index < -0.39 is 109 Å². The molecule has 8 nitrogen and oxygen atoms in total. The van der Waals surface area contributed by atoms with Crippen LogP contribution in [0.15, 0.2) is 279 Å². The van der Waals surface area contributed by atoms with Crippen molar-refractivity contribution in [3.05, 3.63) is 295 Å². The van der Waals surface area contributed by atoms with Crippen LogP contribution in [0.25, 0.3) is 110 Å². The van der Waals surface area contributed by atoms with Gasteiger partial charge in [0.25, 0.3) is 6.71 Å². The summed E-state index contributed by atoms with van der Waals surface area (Å²) in [5, 5.41) is 26.6. The first-order valence-corrected chi connectivity index (χ1v) is 30.5. The Morgan fingerprint density at radius 1 is 0.323 bits per heavy atom. The molecular formula is C84H55BN8. The lowest BCUT2D eigenvalue weighted by molar-refractivity contribution is 0.590. The minimum atomic E-state index is -0.818. The number of nitriles is 2. The molecule has 0 atom stereocenters. The smallest absolute Gasteiger partial charge is 0.252 e. The van der Waals surface area contributed by atoms with E-state index in [1.165, 1.54) is 9.13 Å². The maximum Gasteiger partial charge on any atom is 0.252 e. The normalized spacial score (nSPS) is 15.2. The predicted molar refractivity (Wildman–Crippen MR) is 386 cm³/mol. The summed E-state index contributed by atoms with van der Waals surface area (Å²) in [6, 6.07) is 54.9. The first-order chi connectivity index (χ1) is 52.4. The molecule has 0 fully saturated rings. The number of nitrogens with zero attached hydrogens (tertiary/aromatic N) is 8. The largest absolute Gasteiger partial charge is 0.311 e. The van der Waals surface area contributed by atoms with Crippen LogP contribution in [0.3, 0.4) is 0 Å². The summed E-state index contributed by atoms with van der Waals surface area (Å²) in [7, 11) is 0. The fourth-order valence-electron chi connectivity index (χ4n) is 14.8. The monoisotopic (exact) mass is 1200 g/mol. The summed E-state index contributed by atoms with van der Waals surface area (Å²) >= 11 is 0. The van der Waals surface area contributed by atoms with E-state index in [4.69, 9.17) is 11.0 Å². The molecule has 0 aliphatic carbocycles. The summed E-state index contributed by atoms with van der Waals surface area (Å²) in [4.78, 5) is 4.13. The average Bonchev–Trinajstić information content (AvgIpc) is 1.69. The molecule has 4 aromatic heterocycles. The molecule has 0 saturated carbocycles. The van der Waals surface area contributed by atoms with Gasteiger partial charge in [0.1, 0.15) is 12.1 Å². The van der Waals surface area contributed by atoms with Gasteiger partial charge in [-0.25, -0.2) is 0 Å². The highest BCUT2D eigenvalue weighted by molar-refractivity contribution is 7.00. The van der Waals surface area contributed by atoms with Crippen molar-refractivity contribution in [2.45, 2.75) is 26.2 Å². The van der Waals surface area contributed by atoms with E-state index in [2.05, 4.69) is 71.2 Å². The number of aromatic nitrogens is 4. The molecule has 0 amide bonds. The average molecular weight is 1200 g/mol. The fourth-order valence-corrected chi connectivity index (χ4v) is 14.8. The molecule has 0 spiro atoms. The number of rotatable bonds is 6. The maximum absolute atomic E-state index is 11.8. The van der Waals surface area contributed by atoms with E-state index >= 15 is 0 Å². The Bertz CT molecular complexity index is 6930. The van der Waals surface area contributed by atoms with Crippen molar-refractivity contribution in [3.63, 3.8) is 0 Å². The molecule has 13 aromatic carbocycles. The van der Waals surface area contributed by atoms with Crippen LogP contribution in [0.1, 0.15) is 59.4 Å². The predicted octanol–water partition coefficient (Wildman–Crippen LogP) is 19.2. The lowest BCUT2D eigenvalue weighted by Gasteiger charge is -2.45. The van der Waals surface area contributed by atoms with Crippen molar-refractivity contribution in [2.24, 2.45) is 0 Å². The van der Waals surface area contributed by atoms with Crippen molar-refractivity contribution in [2.75, 3.05) is 9.80 Å². The molecule has 6 heterocycles. The van der Waals surface area contributed by atoms with Gasteiger partial charge in [-0.15, -0.1) is 0 Å². The van der Waals surface area contributed by atoms with Crippen molar-refractivity contribution in [1.29, 1.82) is 10.5 Å². The van der Waals surface area contributed by atoms with Crippen LogP contribution in [0.2, 0.25) is 0 Å². The molecule has 2 aliphatic heterocycles. The highest BCUT2D eigenvalue weighted by Gasteiger charge is 2.45. The zero-order valence-corrected chi connectivity index (χ0v) is 50.0. The third-order valence-electron chi connectivity index (χ3n) is 18.8. The van der Waals surface area contributed by atoms with Crippen molar-refractivity contribution in [3.8, 4) is 34.9 Å². The van der Waals surface area contributed by atoms with Crippen LogP contribution in [0.5, 0.6) is 0 Å². The Morgan fingerprint density at radius 2 is 0.667 bits per heavy atom. The standard InChI is InChI=1S/C84H55BN8/c1-84(2,3)54-44-81-83-82(45-54)93(78-46-55(38-36-53(78)51-87)88-69-28-12-4-20-59(69)60-21-5-13-29-70(60)88)80-49-58(90-73-32-16-8-24-63(73)64-25-9-17-33-74(64)90)41-43-68(80)85(83)67-42-40-57(89-71-30-14-6-22-61(71)62-23-7-15-31-72(62)89)48-79(67)91(81)56-39-37-52(50-86)77(47-56)92-75-34-18-10-26-65(75)66-27-11-19-35-76(66)92/h4-49H,1-3H3/i6D,7D,8D,9D,14D,15D,16D,17D,22D,23D,24D,25D,30D,31D,32D,33D. The summed E-state index contributed by atoms with van der Waals surface area (Å²) in [6.45, 7) is 5.43. The summed E-state index contributed by atoms with van der Waals surface area (Å²) < 4.78 is 156. The van der Waals surface area contributed by atoms with Gasteiger partial charge >= 0.3 is 0 Å². The zero-order chi connectivity index (χ0) is 75.9. The molecule has 19 rings (SSSR count). The summed E-state index contributed by atoms with van der Waals surface area (Å²) in [5.41, 5.74) is 10.6. The first-order valence-electron chi connectivity index (χ1n) is 38.5. The number of para-hydroxylation sites is 8. The zero-order valence-electron chi connectivity index (χ0n) is 66.0. The highest BCUT2D eigenvalue weighted by atomic mass is 15.2. The van der Waals surface area contributed by atoms with E-state index in [1.54, 1.807) is 24.3 Å². The molecule has 0 N–H and O–H groups in total. The van der Waals surface area contributed by atoms with Crippen LogP contribution in [0, 0.1) is 22.7 Å². The van der Waals surface area contributed by atoms with Gasteiger partial charge in [-0.05, 0) is 149 Å². The Balaban J connectivity index is 0.980. The Kier molecular flexibility index (Phi) is 8.21. The number of fused-ring (bicyclic) bond motifs is 16. The topological polar surface area (TPSA) is 73.8 Å². The van der Waals surface area contributed by atoms with Gasteiger partial charge in [0, 0.05) is 88.6 Å². The van der Waals surface area contributed by atoms with Gasteiger partial charge in [-0.2, -0.15) is 10.5 Å². The van der Waals surface area contributed by atoms with Gasteiger partial charge in [-0.1, -0.05) is 178 Å². The lowest BCUT2D eigenvalue weighted by atomic mass is 9.33. The van der Waals surface area contributed by atoms with Crippen LogP contribution in [-0.4, -0.2) is 25.0 Å². The minimum Gasteiger partial charge on any atom is -0.311 e. The van der Waals surface area contributed by atoms with Gasteiger partial charge in [0.2, 0.25) is 0 Å². The van der Waals surface area contributed by atoms with Crippen molar-refractivity contribution in [1.82, 2.24) is 18.3 Å². The molecule has 0 unspecified atom stereocenters. The van der Waals surface area contributed by atoms with E-state index in [0.29, 0.717) is 62.0 Å². The second-order valence-corrected chi connectivity index (χ2v) is 24.7. The lowest BCUT2D eigenvalue weighted by Crippen LogP contribution is -2.61. The molecule has 9 heteroatoms. The second kappa shape index (κ2) is 19.6. The Hall–Kier alpha value is -12.3. The quantitative estimate of drug-likeness (QED) is 0.156. The number of anilines is 6. The van der Waals surface area contributed by atoms with Crippen LogP contribution >= 0.6 is 0 Å². The second-order valence-electron chi connectivity index (χ2n) is 24.7. The number of hydrogen-bond acceptors (Lipinski definition) is 4. The molecule has 434 valence electrons. The van der Waals surface area contributed by atoms with Gasteiger partial charge in [0.05, 0.1) is 88.6 Å².